The van der Waals surface area contributed by atoms with Gasteiger partial charge in [-0.1, -0.05) is 120 Å². The number of nitrogens with zero attached hydrogens (tertiary/aromatic N) is 6. The van der Waals surface area contributed by atoms with Gasteiger partial charge in [0.05, 0.1) is 22.0 Å². The van der Waals surface area contributed by atoms with Crippen molar-refractivity contribution in [3.63, 3.8) is 0 Å². The predicted octanol–water partition coefficient (Wildman–Crippen LogP) is 20.3. The molecule has 7 aromatic carbocycles. The summed E-state index contributed by atoms with van der Waals surface area (Å²) in [6.07, 6.45) is 0.793. The number of aromatic hydroxyl groups is 3. The van der Waals surface area contributed by atoms with Gasteiger partial charge in [-0.2, -0.15) is 15.8 Å². The van der Waals surface area contributed by atoms with Gasteiger partial charge in [0.25, 0.3) is 0 Å². The van der Waals surface area contributed by atoms with Crippen LogP contribution in [0.5, 0.6) is 17.2 Å². The summed E-state index contributed by atoms with van der Waals surface area (Å²) in [6.45, 7) is 6.01. The van der Waals surface area contributed by atoms with Gasteiger partial charge in [-0.3, -0.25) is 24.0 Å². The van der Waals surface area contributed by atoms with Crippen molar-refractivity contribution in [2.45, 2.75) is 27.7 Å². The number of benzene rings is 7. The number of alkyl halides is 1. The second kappa shape index (κ2) is 36.4. The molecule has 0 amide bonds. The number of halogens is 13. The van der Waals surface area contributed by atoms with Crippen LogP contribution in [0.25, 0.3) is 44.5 Å². The standard InChI is InChI=1S/C21H12BrF2N3O2S.C11H8BrFO2.C10H4ClFN2S.C7H3BrFNO.C7H4BrFO2.C7H5FO2.C3H5BrO/c1-10(28)19-18(14-7-12(22)8-15(24)20(14)29-19)27(2)21-26-17(16(9-25)30-21)11-3-5-13(23)6-4-11;1-5-8-3-7(12)4-9(13)11(8)15-10(5)6(2)14;11-10-14-9(8(5-13)15-10)6-1-3-7(12)4-2-6;2*8-5-1-4(3-10)7(11)6(9)2-5;8-6-3-1-2-5(4-9)7(6)10;1-3(5)2-4/h3-8H,1-2H3;3-4H,1-2H3;1-4H;1-2,11H;1-3,11H;1-4,10H;2H2,1H3. The molecule has 0 aliphatic heterocycles. The Labute approximate surface area is 601 Å². The number of aryl methyl sites for hydroxylation is 1. The zero-order chi connectivity index (χ0) is 72.3. The van der Waals surface area contributed by atoms with Crippen LogP contribution in [0.4, 0.5) is 41.6 Å². The molecule has 0 radical (unpaired) electrons. The molecule has 0 saturated carbocycles. The van der Waals surface area contributed by atoms with Gasteiger partial charge in [-0.05, 0) is 123 Å². The molecule has 4 aromatic heterocycles. The molecule has 0 fully saturated rings. The number of rotatable bonds is 9. The Kier molecular flexibility index (Phi) is 29.6. The molecule has 0 atom stereocenters. The Morgan fingerprint density at radius 1 is 0.577 bits per heavy atom. The van der Waals surface area contributed by atoms with Crippen molar-refractivity contribution in [2.75, 3.05) is 17.3 Å². The number of furan rings is 2. The number of hydrogen-bond acceptors (Lipinski definition) is 18. The summed E-state index contributed by atoms with van der Waals surface area (Å²) in [5, 5.41) is 55.2. The third-order valence-corrected chi connectivity index (χ3v) is 16.9. The molecule has 0 bridgehead atoms. The topological polar surface area (TPSA) is 273 Å². The van der Waals surface area contributed by atoms with Crippen LogP contribution in [0.3, 0.4) is 0 Å². The van der Waals surface area contributed by atoms with Crippen molar-refractivity contribution in [3.05, 3.63) is 222 Å². The number of carbonyl (C=O) groups is 5. The van der Waals surface area contributed by atoms with Gasteiger partial charge in [0, 0.05) is 66.2 Å². The summed E-state index contributed by atoms with van der Waals surface area (Å²) in [6, 6.07) is 31.8. The minimum Gasteiger partial charge on any atom is -0.504 e. The van der Waals surface area contributed by atoms with E-state index < -0.39 is 52.2 Å². The Bertz CT molecular complexity index is 4900. The highest BCUT2D eigenvalue weighted by Gasteiger charge is 2.27. The van der Waals surface area contributed by atoms with E-state index in [2.05, 4.69) is 95.7 Å². The molecule has 16 nitrogen and oxygen atoms in total. The smallest absolute Gasteiger partial charge is 0.197 e. The van der Waals surface area contributed by atoms with Crippen molar-refractivity contribution < 1.29 is 78.9 Å². The number of anilines is 2. The number of phenolic OH excluding ortho intramolecular Hbond substituents is 3. The Hall–Kier alpha value is -8.90. The number of nitriles is 3. The molecular formula is C66H41Br5ClF7N6O10S2. The first-order valence-corrected chi connectivity index (χ1v) is 32.9. The molecule has 498 valence electrons. The van der Waals surface area contributed by atoms with E-state index in [4.69, 9.17) is 46.3 Å². The van der Waals surface area contributed by atoms with E-state index in [0.717, 1.165) is 40.9 Å². The highest BCUT2D eigenvalue weighted by molar-refractivity contribution is 9.11. The van der Waals surface area contributed by atoms with Crippen LogP contribution in [0, 0.1) is 81.6 Å². The number of phenols is 3. The zero-order valence-electron chi connectivity index (χ0n) is 49.9. The lowest BCUT2D eigenvalue weighted by Gasteiger charge is -2.15. The second-order valence-corrected chi connectivity index (χ2v) is 25.8. The van der Waals surface area contributed by atoms with Crippen molar-refractivity contribution in [1.82, 2.24) is 9.97 Å². The van der Waals surface area contributed by atoms with Crippen molar-refractivity contribution >= 4 is 177 Å². The lowest BCUT2D eigenvalue weighted by atomic mass is 10.1. The number of para-hydroxylation sites is 1. The maximum absolute atomic E-state index is 14.4. The number of hydrogen-bond donors (Lipinski definition) is 3. The van der Waals surface area contributed by atoms with E-state index in [-0.39, 0.29) is 62.5 Å². The molecule has 0 aliphatic carbocycles. The van der Waals surface area contributed by atoms with Crippen LogP contribution >= 0.6 is 114 Å². The fraction of sp³-hybridized carbons (Fsp3) is 0.0909. The first kappa shape index (κ1) is 78.8. The van der Waals surface area contributed by atoms with Gasteiger partial charge in [-0.25, -0.2) is 40.7 Å². The highest BCUT2D eigenvalue weighted by atomic mass is 79.9. The number of aromatic nitrogens is 2. The largest absolute Gasteiger partial charge is 0.504 e. The van der Waals surface area contributed by atoms with Crippen LogP contribution in [-0.4, -0.2) is 67.6 Å². The van der Waals surface area contributed by atoms with Gasteiger partial charge >= 0.3 is 0 Å². The Morgan fingerprint density at radius 3 is 1.48 bits per heavy atom. The van der Waals surface area contributed by atoms with E-state index >= 15 is 0 Å². The number of carbonyl (C=O) groups excluding carboxylic acids is 5. The summed E-state index contributed by atoms with van der Waals surface area (Å²) in [7, 11) is 1.66. The van der Waals surface area contributed by atoms with E-state index in [9.17, 15) is 60.0 Å². The minimum absolute atomic E-state index is 0.0125. The first-order chi connectivity index (χ1) is 45.8. The van der Waals surface area contributed by atoms with Crippen molar-refractivity contribution in [1.29, 1.82) is 15.8 Å². The molecule has 97 heavy (non-hydrogen) atoms. The molecular weight excluding hydrogens is 1670 g/mol. The lowest BCUT2D eigenvalue weighted by molar-refractivity contribution is -0.114. The van der Waals surface area contributed by atoms with Crippen LogP contribution in [0.2, 0.25) is 4.47 Å². The van der Waals surface area contributed by atoms with Crippen LogP contribution in [-0.2, 0) is 4.79 Å². The summed E-state index contributed by atoms with van der Waals surface area (Å²) in [5.74, 6) is -6.14. The van der Waals surface area contributed by atoms with Gasteiger partial charge < -0.3 is 29.1 Å². The second-order valence-electron chi connectivity index (χ2n) is 19.1. The summed E-state index contributed by atoms with van der Waals surface area (Å²) < 4.78 is 104. The minimum atomic E-state index is -0.804. The fourth-order valence-electron chi connectivity index (χ4n) is 7.82. The predicted molar refractivity (Wildman–Crippen MR) is 370 cm³/mol. The number of fused-ring (bicyclic) bond motifs is 2. The third kappa shape index (κ3) is 21.1. The van der Waals surface area contributed by atoms with E-state index in [0.29, 0.717) is 99.7 Å². The fourth-order valence-corrected chi connectivity index (χ4v) is 11.3. The first-order valence-electron chi connectivity index (χ1n) is 26.6. The van der Waals surface area contributed by atoms with E-state index in [1.54, 1.807) is 49.2 Å². The normalized spacial score (nSPS) is 10.1. The quantitative estimate of drug-likeness (QED) is 0.0524. The number of Topliss-reactive ketones (excluding diaryl/α,β-unsaturated/α-hetero) is 3. The van der Waals surface area contributed by atoms with E-state index in [1.807, 2.05) is 6.07 Å². The van der Waals surface area contributed by atoms with Gasteiger partial charge in [0.1, 0.15) is 62.5 Å². The van der Waals surface area contributed by atoms with E-state index in [1.165, 1.54) is 93.6 Å². The average molecular weight is 1710 g/mol. The number of aldehydes is 2. The number of thiazole rings is 2. The van der Waals surface area contributed by atoms with Gasteiger partial charge in [0.2, 0.25) is 0 Å². The third-order valence-electron chi connectivity index (χ3n) is 12.2. The average Bonchev–Trinajstić information content (AvgIpc) is 1.62. The van der Waals surface area contributed by atoms with Crippen LogP contribution in [0.15, 0.2) is 142 Å². The molecule has 11 rings (SSSR count). The van der Waals surface area contributed by atoms with Gasteiger partial charge in [0.15, 0.2) is 103 Å². The Balaban J connectivity index is 0.000000218. The highest BCUT2D eigenvalue weighted by Crippen LogP contribution is 2.43. The SMILES string of the molecule is CC(=O)CBr.CC(=O)c1oc2c(F)cc(Br)cc2c1C.CC(=O)c1oc2c(F)cc(Br)cc2c1N(C)c1nc(-c2ccc(F)cc2)c(C#N)s1.N#Cc1cc(Br)cc(F)c1O.N#Cc1sc(Cl)nc1-c1ccc(F)cc1.O=Cc1cc(Br)cc(F)c1O.O=Cc1cccc(F)c1O. The van der Waals surface area contributed by atoms with Crippen LogP contribution in [0.1, 0.15) is 83.5 Å². The van der Waals surface area contributed by atoms with Crippen LogP contribution < -0.4 is 4.90 Å². The molecule has 3 N–H and O–H groups in total. The summed E-state index contributed by atoms with van der Waals surface area (Å²) >= 11 is 23.3. The maximum atomic E-state index is 14.4. The molecule has 0 saturated heterocycles. The zero-order valence-corrected chi connectivity index (χ0v) is 60.3. The van der Waals surface area contributed by atoms with Crippen molar-refractivity contribution in [3.8, 4) is 58.0 Å². The molecule has 4 heterocycles. The molecule has 31 heteroatoms. The van der Waals surface area contributed by atoms with Gasteiger partial charge in [-0.15, -0.1) is 0 Å². The molecule has 11 aromatic rings. The lowest BCUT2D eigenvalue weighted by Crippen LogP contribution is -2.11. The summed E-state index contributed by atoms with van der Waals surface area (Å²) in [5.41, 5.74) is 3.15. The summed E-state index contributed by atoms with van der Waals surface area (Å²) in [4.78, 5) is 64.3. The molecule has 0 spiro atoms. The molecule has 0 unspecified atom stereocenters. The Morgan fingerprint density at radius 2 is 1.01 bits per heavy atom. The number of ketones is 3. The molecule has 0 aliphatic rings. The van der Waals surface area contributed by atoms with Crippen molar-refractivity contribution in [2.24, 2.45) is 0 Å². The monoisotopic (exact) mass is 1700 g/mol. The maximum Gasteiger partial charge on any atom is 0.197 e.